The molecule has 0 bridgehead atoms. The van der Waals surface area contributed by atoms with Crippen molar-refractivity contribution in [2.75, 3.05) is 0 Å². The SMILES string of the molecule is C[Si](C)(C)C1=c2oc3ccccc3c2=C([Si](C)(C)C)C1=O. The lowest BCUT2D eigenvalue weighted by Gasteiger charge is -2.22. The van der Waals surface area contributed by atoms with Crippen LogP contribution >= 0.6 is 0 Å². The van der Waals surface area contributed by atoms with Crippen molar-refractivity contribution in [1.29, 1.82) is 0 Å². The maximum Gasteiger partial charge on any atom is 0.181 e. The lowest BCUT2D eigenvalue weighted by molar-refractivity contribution is -0.108. The molecular formula is C17H22O2Si2. The van der Waals surface area contributed by atoms with E-state index >= 15 is 0 Å². The van der Waals surface area contributed by atoms with E-state index in [2.05, 4.69) is 45.3 Å². The number of rotatable bonds is 2. The van der Waals surface area contributed by atoms with E-state index in [0.29, 0.717) is 0 Å². The Balaban J connectivity index is 2.61. The van der Waals surface area contributed by atoms with Crippen molar-refractivity contribution >= 4 is 43.3 Å². The third-order valence-corrected chi connectivity index (χ3v) is 7.96. The third kappa shape index (κ3) is 2.08. The highest BCUT2D eigenvalue weighted by atomic mass is 28.3. The number of furan rings is 1. The van der Waals surface area contributed by atoms with E-state index in [4.69, 9.17) is 4.42 Å². The van der Waals surface area contributed by atoms with Gasteiger partial charge >= 0.3 is 0 Å². The zero-order valence-corrected chi connectivity index (χ0v) is 15.6. The van der Waals surface area contributed by atoms with Gasteiger partial charge in [0.15, 0.2) is 5.78 Å². The number of carbonyl (C=O) groups excluding carboxylic acids is 1. The molecule has 1 aliphatic carbocycles. The Labute approximate surface area is 127 Å². The maximum absolute atomic E-state index is 13.1. The normalized spacial score (nSPS) is 16.0. The molecule has 1 aliphatic rings. The lowest BCUT2D eigenvalue weighted by Crippen LogP contribution is -2.34. The highest BCUT2D eigenvalue weighted by Crippen LogP contribution is 2.29. The maximum atomic E-state index is 13.1. The molecule has 0 aliphatic heterocycles. The van der Waals surface area contributed by atoms with Crippen molar-refractivity contribution in [2.45, 2.75) is 39.3 Å². The number of hydrogen-bond acceptors (Lipinski definition) is 2. The second-order valence-electron chi connectivity index (χ2n) is 7.88. The first-order valence-corrected chi connectivity index (χ1v) is 14.4. The summed E-state index contributed by atoms with van der Waals surface area (Å²) in [4.78, 5) is 13.1. The Kier molecular flexibility index (Phi) is 2.98. The summed E-state index contributed by atoms with van der Waals surface area (Å²) in [6, 6.07) is 8.10. The predicted molar refractivity (Wildman–Crippen MR) is 94.0 cm³/mol. The Hall–Kier alpha value is -1.40. The summed E-state index contributed by atoms with van der Waals surface area (Å²) in [5.74, 6) is 0.271. The van der Waals surface area contributed by atoms with Crippen LogP contribution in [0.5, 0.6) is 0 Å². The molecule has 1 aromatic carbocycles. The van der Waals surface area contributed by atoms with Gasteiger partial charge in [0.05, 0.1) is 16.1 Å². The van der Waals surface area contributed by atoms with E-state index in [0.717, 1.165) is 32.0 Å². The number of ketones is 1. The minimum absolute atomic E-state index is 0.271. The first-order chi connectivity index (χ1) is 9.62. The minimum Gasteiger partial charge on any atom is -0.456 e. The van der Waals surface area contributed by atoms with Crippen molar-refractivity contribution in [3.63, 3.8) is 0 Å². The standard InChI is InChI=1S/C17H22O2Si2/c1-20(2,3)16-13-11-9-7-8-10-12(11)19-15(13)17(14(16)18)21(4,5)6/h7-10H,1-6H3. The van der Waals surface area contributed by atoms with Gasteiger partial charge in [0.25, 0.3) is 0 Å². The van der Waals surface area contributed by atoms with Crippen LogP contribution < -0.4 is 10.6 Å². The van der Waals surface area contributed by atoms with Crippen LogP contribution in [0.15, 0.2) is 28.7 Å². The molecule has 0 radical (unpaired) electrons. The zero-order chi connectivity index (χ0) is 15.6. The van der Waals surface area contributed by atoms with Crippen LogP contribution in [-0.2, 0) is 4.79 Å². The van der Waals surface area contributed by atoms with Crippen molar-refractivity contribution in [1.82, 2.24) is 0 Å². The number of fused-ring (bicyclic) bond motifs is 3. The molecule has 0 saturated carbocycles. The molecule has 2 aromatic rings. The number of Topliss-reactive ketones (excluding diaryl/α,β-unsaturated/α-hetero) is 1. The number of hydrogen-bond donors (Lipinski definition) is 0. The molecule has 1 heterocycles. The minimum atomic E-state index is -1.75. The molecule has 0 spiro atoms. The topological polar surface area (TPSA) is 30.2 Å². The van der Waals surface area contributed by atoms with E-state index in [1.807, 2.05) is 18.2 Å². The van der Waals surface area contributed by atoms with Gasteiger partial charge in [-0.1, -0.05) is 57.5 Å². The van der Waals surface area contributed by atoms with E-state index in [1.165, 1.54) is 0 Å². The van der Waals surface area contributed by atoms with Crippen molar-refractivity contribution in [3.05, 3.63) is 34.9 Å². The van der Waals surface area contributed by atoms with Crippen LogP contribution in [0.4, 0.5) is 0 Å². The molecule has 1 aromatic heterocycles. The summed E-state index contributed by atoms with van der Waals surface area (Å²) in [5.41, 5.74) is 1.78. The van der Waals surface area contributed by atoms with Crippen molar-refractivity contribution in [2.24, 2.45) is 0 Å². The van der Waals surface area contributed by atoms with Crippen LogP contribution in [0.1, 0.15) is 0 Å². The fourth-order valence-electron chi connectivity index (χ4n) is 3.21. The smallest absolute Gasteiger partial charge is 0.181 e. The quantitative estimate of drug-likeness (QED) is 0.798. The van der Waals surface area contributed by atoms with Gasteiger partial charge in [-0.2, -0.15) is 0 Å². The van der Waals surface area contributed by atoms with Crippen LogP contribution in [-0.4, -0.2) is 21.9 Å². The monoisotopic (exact) mass is 314 g/mol. The summed E-state index contributed by atoms with van der Waals surface area (Å²) in [6.45, 7) is 13.4. The molecule has 110 valence electrons. The molecule has 21 heavy (non-hydrogen) atoms. The number of benzene rings is 1. The summed E-state index contributed by atoms with van der Waals surface area (Å²) in [7, 11) is -3.48. The zero-order valence-electron chi connectivity index (χ0n) is 13.6. The Morgan fingerprint density at radius 2 is 1.43 bits per heavy atom. The van der Waals surface area contributed by atoms with Gasteiger partial charge in [0.2, 0.25) is 0 Å². The Bertz CT molecular complexity index is 874. The largest absolute Gasteiger partial charge is 0.456 e. The molecule has 0 unspecified atom stereocenters. The van der Waals surface area contributed by atoms with E-state index < -0.39 is 16.1 Å². The summed E-state index contributed by atoms with van der Waals surface area (Å²) in [6.07, 6.45) is 0. The van der Waals surface area contributed by atoms with Gasteiger partial charge in [-0.05, 0) is 11.3 Å². The average molecular weight is 315 g/mol. The number of para-hydroxylation sites is 1. The molecular weight excluding hydrogens is 292 g/mol. The van der Waals surface area contributed by atoms with E-state index in [-0.39, 0.29) is 5.78 Å². The molecule has 0 amide bonds. The van der Waals surface area contributed by atoms with Gasteiger partial charge in [0.1, 0.15) is 11.0 Å². The van der Waals surface area contributed by atoms with Gasteiger partial charge in [-0.25, -0.2) is 0 Å². The second-order valence-corrected chi connectivity index (χ2v) is 17.9. The van der Waals surface area contributed by atoms with E-state index in [9.17, 15) is 4.79 Å². The van der Waals surface area contributed by atoms with Crippen LogP contribution in [0.2, 0.25) is 39.3 Å². The first kappa shape index (κ1) is 14.5. The van der Waals surface area contributed by atoms with Crippen LogP contribution in [0, 0.1) is 0 Å². The predicted octanol–water partition coefficient (Wildman–Crippen LogP) is 3.07. The highest BCUT2D eigenvalue weighted by Gasteiger charge is 2.40. The molecule has 0 N–H and O–H groups in total. The van der Waals surface area contributed by atoms with Gasteiger partial charge in [-0.15, -0.1) is 0 Å². The third-order valence-electron chi connectivity index (χ3n) is 4.03. The van der Waals surface area contributed by atoms with Crippen molar-refractivity contribution < 1.29 is 9.21 Å². The van der Waals surface area contributed by atoms with Crippen LogP contribution in [0.25, 0.3) is 21.4 Å². The molecule has 2 nitrogen and oxygen atoms in total. The first-order valence-electron chi connectivity index (χ1n) is 7.44. The molecule has 4 heteroatoms. The fourth-order valence-corrected chi connectivity index (χ4v) is 6.80. The van der Waals surface area contributed by atoms with Gasteiger partial charge in [-0.3, -0.25) is 4.79 Å². The van der Waals surface area contributed by atoms with Gasteiger partial charge < -0.3 is 4.42 Å². The summed E-state index contributed by atoms with van der Waals surface area (Å²) in [5, 5.41) is 4.24. The summed E-state index contributed by atoms with van der Waals surface area (Å²) >= 11 is 0. The Morgan fingerprint density at radius 1 is 0.857 bits per heavy atom. The molecule has 3 rings (SSSR count). The second kappa shape index (κ2) is 4.30. The molecule has 0 fully saturated rings. The Morgan fingerprint density at radius 3 is 2.00 bits per heavy atom. The lowest BCUT2D eigenvalue weighted by atomic mass is 10.2. The van der Waals surface area contributed by atoms with E-state index in [1.54, 1.807) is 0 Å². The number of carbonyl (C=O) groups is 1. The molecule has 0 saturated heterocycles. The molecule has 0 atom stereocenters. The van der Waals surface area contributed by atoms with Crippen LogP contribution in [0.3, 0.4) is 0 Å². The fraction of sp³-hybridized carbons (Fsp3) is 0.353. The average Bonchev–Trinajstić information content (AvgIpc) is 2.78. The summed E-state index contributed by atoms with van der Waals surface area (Å²) < 4.78 is 6.12. The van der Waals surface area contributed by atoms with Gasteiger partial charge in [0, 0.05) is 15.8 Å². The highest BCUT2D eigenvalue weighted by molar-refractivity contribution is 7.08. The van der Waals surface area contributed by atoms with Crippen molar-refractivity contribution in [3.8, 4) is 0 Å².